The van der Waals surface area contributed by atoms with E-state index in [1.54, 1.807) is 14.2 Å². The van der Waals surface area contributed by atoms with Crippen molar-refractivity contribution in [3.8, 4) is 0 Å². The van der Waals surface area contributed by atoms with E-state index in [2.05, 4.69) is 5.32 Å². The fourth-order valence-electron chi connectivity index (χ4n) is 3.06. The van der Waals surface area contributed by atoms with Crippen LogP contribution in [0, 0.1) is 0 Å². The number of rotatable bonds is 30. The molecule has 0 aliphatic rings. The first-order chi connectivity index (χ1) is 18.8. The van der Waals surface area contributed by atoms with Crippen LogP contribution in [0.3, 0.4) is 0 Å². The van der Waals surface area contributed by atoms with Crippen molar-refractivity contribution in [1.29, 1.82) is 0 Å². The van der Waals surface area contributed by atoms with E-state index >= 15 is 0 Å². The fourth-order valence-corrected chi connectivity index (χ4v) is 3.06. The molecule has 0 saturated heterocycles. The van der Waals surface area contributed by atoms with Crippen molar-refractivity contribution >= 4 is 11.9 Å². The normalized spacial score (nSPS) is 14.0. The lowest BCUT2D eigenvalue weighted by Gasteiger charge is -2.31. The third-order valence-electron chi connectivity index (χ3n) is 5.14. The monoisotopic (exact) mass is 572 g/mol. The van der Waals surface area contributed by atoms with E-state index < -0.39 is 30.3 Å². The maximum Gasteiger partial charge on any atom is 0.323 e. The Labute approximate surface area is 230 Å². The number of carboxylic acids is 2. The minimum absolute atomic E-state index is 0.0588. The van der Waals surface area contributed by atoms with Crippen molar-refractivity contribution in [1.82, 2.24) is 10.2 Å². The van der Waals surface area contributed by atoms with Gasteiger partial charge in [-0.25, -0.2) is 0 Å². The molecule has 0 aromatic rings. The zero-order valence-corrected chi connectivity index (χ0v) is 23.4. The summed E-state index contributed by atoms with van der Waals surface area (Å²) in [5, 5.41) is 32.0. The van der Waals surface area contributed by atoms with Crippen LogP contribution < -0.4 is 5.32 Å². The van der Waals surface area contributed by atoms with Crippen molar-refractivity contribution in [2.24, 2.45) is 0 Å². The fraction of sp³-hybridized carbons (Fsp3) is 0.917. The number of aliphatic hydroxyl groups excluding tert-OH is 1. The van der Waals surface area contributed by atoms with E-state index in [1.807, 2.05) is 0 Å². The Morgan fingerprint density at radius 3 is 1.46 bits per heavy atom. The minimum atomic E-state index is -1.18. The summed E-state index contributed by atoms with van der Waals surface area (Å²) in [6, 6.07) is -2.16. The summed E-state index contributed by atoms with van der Waals surface area (Å²) < 4.78 is 41.8. The Kier molecular flexibility index (Phi) is 25.7. The lowest BCUT2D eigenvalue weighted by Crippen LogP contribution is -2.52. The van der Waals surface area contributed by atoms with Gasteiger partial charge in [-0.15, -0.1) is 0 Å². The van der Waals surface area contributed by atoms with Crippen molar-refractivity contribution in [2.45, 2.75) is 25.2 Å². The van der Waals surface area contributed by atoms with Gasteiger partial charge < -0.3 is 58.5 Å². The smallest absolute Gasteiger partial charge is 0.323 e. The van der Waals surface area contributed by atoms with Gasteiger partial charge in [0.1, 0.15) is 18.3 Å². The number of methoxy groups -OCH3 is 2. The maximum absolute atomic E-state index is 11.8. The van der Waals surface area contributed by atoms with E-state index in [0.29, 0.717) is 52.9 Å². The highest BCUT2D eigenvalue weighted by Crippen LogP contribution is 2.06. The Balaban J connectivity index is 4.27. The molecule has 0 rings (SSSR count). The molecule has 0 amide bonds. The first-order valence-corrected chi connectivity index (χ1v) is 12.9. The summed E-state index contributed by atoms with van der Waals surface area (Å²) in [6.45, 7) is 5.74. The van der Waals surface area contributed by atoms with Crippen LogP contribution >= 0.6 is 0 Å². The molecular formula is C24H48N2O13. The molecule has 0 aromatic carbocycles. The summed E-state index contributed by atoms with van der Waals surface area (Å²) >= 11 is 0. The van der Waals surface area contributed by atoms with Crippen LogP contribution in [0.4, 0.5) is 0 Å². The van der Waals surface area contributed by atoms with Gasteiger partial charge in [0.05, 0.1) is 92.5 Å². The third-order valence-corrected chi connectivity index (χ3v) is 5.14. The van der Waals surface area contributed by atoms with Gasteiger partial charge >= 0.3 is 11.9 Å². The summed E-state index contributed by atoms with van der Waals surface area (Å²) in [6.07, 6.45) is -1.10. The molecule has 0 spiro atoms. The molecular weight excluding hydrogens is 524 g/mol. The van der Waals surface area contributed by atoms with Gasteiger partial charge in [0, 0.05) is 27.3 Å². The highest BCUT2D eigenvalue weighted by molar-refractivity contribution is 5.74. The summed E-state index contributed by atoms with van der Waals surface area (Å²) in [4.78, 5) is 24.7. The standard InChI is InChI=1S/C24H48N2O13/c1-20(27)26(22(24(30)31)19-39-17-15-37-13-11-35-9-7-33-3)5-4-25-21(23(28)29)18-38-16-14-36-12-10-34-8-6-32-2/h20-22,25,27H,4-19H2,1-3H3,(H,28,29)(H,30,31). The van der Waals surface area contributed by atoms with Crippen LogP contribution in [-0.4, -0.2) is 170 Å². The SMILES string of the molecule is COCCOCCOCCOCC(NCCN(C(C)O)C(COCCOCCOCCOC)C(=O)O)C(=O)O. The highest BCUT2D eigenvalue weighted by Gasteiger charge is 2.29. The highest BCUT2D eigenvalue weighted by atomic mass is 16.6. The van der Waals surface area contributed by atoms with E-state index in [1.165, 1.54) is 11.8 Å². The number of ether oxygens (including phenoxy) is 8. The van der Waals surface area contributed by atoms with Crippen molar-refractivity contribution in [3.63, 3.8) is 0 Å². The van der Waals surface area contributed by atoms with Gasteiger partial charge in [0.2, 0.25) is 0 Å². The predicted molar refractivity (Wildman–Crippen MR) is 138 cm³/mol. The number of aliphatic hydroxyl groups is 1. The first-order valence-electron chi connectivity index (χ1n) is 12.9. The quantitative estimate of drug-likeness (QED) is 0.0576. The largest absolute Gasteiger partial charge is 0.480 e. The average molecular weight is 573 g/mol. The lowest BCUT2D eigenvalue weighted by atomic mass is 10.2. The molecule has 0 saturated carbocycles. The molecule has 15 nitrogen and oxygen atoms in total. The Morgan fingerprint density at radius 1 is 0.667 bits per heavy atom. The molecule has 0 heterocycles. The Bertz CT molecular complexity index is 586. The average Bonchev–Trinajstić information content (AvgIpc) is 2.89. The number of hydrogen-bond donors (Lipinski definition) is 4. The topological polar surface area (TPSA) is 184 Å². The number of nitrogens with one attached hydrogen (secondary N) is 1. The number of carboxylic acid groups (broad SMARTS) is 2. The van der Waals surface area contributed by atoms with Crippen molar-refractivity contribution < 1.29 is 62.8 Å². The number of carbonyl (C=O) groups is 2. The lowest BCUT2D eigenvalue weighted by molar-refractivity contribution is -0.152. The van der Waals surface area contributed by atoms with Gasteiger partial charge in [-0.1, -0.05) is 0 Å². The molecule has 0 aromatic heterocycles. The van der Waals surface area contributed by atoms with Crippen molar-refractivity contribution in [3.05, 3.63) is 0 Å². The molecule has 0 bridgehead atoms. The molecule has 0 fully saturated rings. The second kappa shape index (κ2) is 26.7. The van der Waals surface area contributed by atoms with E-state index in [9.17, 15) is 24.9 Å². The zero-order valence-electron chi connectivity index (χ0n) is 23.4. The molecule has 0 aliphatic heterocycles. The van der Waals surface area contributed by atoms with Crippen molar-refractivity contribution in [2.75, 3.05) is 120 Å². The molecule has 4 N–H and O–H groups in total. The predicted octanol–water partition coefficient (Wildman–Crippen LogP) is -1.48. The molecule has 3 atom stereocenters. The van der Waals surface area contributed by atoms with Gasteiger partial charge in [-0.05, 0) is 6.92 Å². The Morgan fingerprint density at radius 2 is 1.08 bits per heavy atom. The second-order valence-electron chi connectivity index (χ2n) is 8.15. The van der Waals surface area contributed by atoms with E-state index in [0.717, 1.165) is 0 Å². The van der Waals surface area contributed by atoms with E-state index in [-0.39, 0.29) is 52.7 Å². The van der Waals surface area contributed by atoms with Crippen LogP contribution in [0.15, 0.2) is 0 Å². The van der Waals surface area contributed by atoms with Crippen LogP contribution in [-0.2, 0) is 47.5 Å². The van der Waals surface area contributed by atoms with Gasteiger partial charge in [0.15, 0.2) is 0 Å². The van der Waals surface area contributed by atoms with Gasteiger partial charge in [0.25, 0.3) is 0 Å². The van der Waals surface area contributed by atoms with Gasteiger partial charge in [-0.2, -0.15) is 0 Å². The zero-order chi connectivity index (χ0) is 29.1. The maximum atomic E-state index is 11.8. The molecule has 0 radical (unpaired) electrons. The number of hydrogen-bond acceptors (Lipinski definition) is 13. The summed E-state index contributed by atoms with van der Waals surface area (Å²) in [7, 11) is 3.18. The summed E-state index contributed by atoms with van der Waals surface area (Å²) in [5.41, 5.74) is 0. The van der Waals surface area contributed by atoms with Crippen LogP contribution in [0.1, 0.15) is 6.92 Å². The van der Waals surface area contributed by atoms with Crippen LogP contribution in [0.2, 0.25) is 0 Å². The Hall–Kier alpha value is -1.50. The molecule has 232 valence electrons. The number of aliphatic carboxylic acids is 2. The minimum Gasteiger partial charge on any atom is -0.480 e. The first kappa shape index (κ1) is 37.5. The molecule has 0 aliphatic carbocycles. The van der Waals surface area contributed by atoms with Crippen LogP contribution in [0.5, 0.6) is 0 Å². The molecule has 15 heteroatoms. The second-order valence-corrected chi connectivity index (χ2v) is 8.15. The summed E-state index contributed by atoms with van der Waals surface area (Å²) in [5.74, 6) is -2.29. The van der Waals surface area contributed by atoms with Gasteiger partial charge in [-0.3, -0.25) is 14.5 Å². The third kappa shape index (κ3) is 21.9. The number of nitrogens with zero attached hydrogens (tertiary/aromatic N) is 1. The van der Waals surface area contributed by atoms with Crippen LogP contribution in [0.25, 0.3) is 0 Å². The molecule has 3 unspecified atom stereocenters. The van der Waals surface area contributed by atoms with E-state index in [4.69, 9.17) is 37.9 Å². The molecule has 39 heavy (non-hydrogen) atoms.